The first kappa shape index (κ1) is 18.4. The number of hydrogen-bond donors (Lipinski definition) is 1. The number of carbonyl (C=O) groups excluding carboxylic acids is 1. The van der Waals surface area contributed by atoms with Gasteiger partial charge in [-0.2, -0.15) is 0 Å². The van der Waals surface area contributed by atoms with Crippen molar-refractivity contribution in [1.82, 2.24) is 10.2 Å². The van der Waals surface area contributed by atoms with Gasteiger partial charge in [0.2, 0.25) is 11.0 Å². The first-order chi connectivity index (χ1) is 12.6. The van der Waals surface area contributed by atoms with Gasteiger partial charge in [0.05, 0.1) is 17.9 Å². The molecule has 134 valence electrons. The van der Waals surface area contributed by atoms with Crippen LogP contribution >= 0.6 is 23.1 Å². The van der Waals surface area contributed by atoms with Crippen molar-refractivity contribution in [3.05, 3.63) is 54.1 Å². The lowest BCUT2D eigenvalue weighted by Crippen LogP contribution is -2.22. The van der Waals surface area contributed by atoms with E-state index in [1.807, 2.05) is 62.4 Å². The van der Waals surface area contributed by atoms with E-state index in [2.05, 4.69) is 15.5 Å². The summed E-state index contributed by atoms with van der Waals surface area (Å²) in [6, 6.07) is 15.7. The molecule has 1 heterocycles. The molecule has 26 heavy (non-hydrogen) atoms. The van der Waals surface area contributed by atoms with Crippen LogP contribution in [-0.4, -0.2) is 28.5 Å². The van der Waals surface area contributed by atoms with Crippen LogP contribution in [0.3, 0.4) is 0 Å². The number of anilines is 1. The Balaban J connectivity index is 1.66. The molecule has 1 atom stereocenters. The van der Waals surface area contributed by atoms with Gasteiger partial charge in [0.1, 0.15) is 5.75 Å². The molecule has 0 saturated heterocycles. The molecule has 0 bridgehead atoms. The van der Waals surface area contributed by atoms with Crippen molar-refractivity contribution in [2.24, 2.45) is 0 Å². The number of aromatic nitrogens is 2. The number of nitrogens with one attached hydrogen (secondary N) is 1. The van der Waals surface area contributed by atoms with Crippen LogP contribution < -0.4 is 10.1 Å². The largest absolute Gasteiger partial charge is 0.496 e. The Bertz CT molecular complexity index is 894. The second kappa shape index (κ2) is 8.33. The number of thioether (sulfide) groups is 1. The molecule has 0 fully saturated rings. The molecular weight excluding hydrogens is 366 g/mol. The van der Waals surface area contributed by atoms with E-state index in [0.717, 1.165) is 16.2 Å². The predicted molar refractivity (Wildman–Crippen MR) is 107 cm³/mol. The Labute approximate surface area is 160 Å². The van der Waals surface area contributed by atoms with Crippen molar-refractivity contribution in [3.8, 4) is 16.3 Å². The summed E-state index contributed by atoms with van der Waals surface area (Å²) in [5, 5.41) is 12.0. The van der Waals surface area contributed by atoms with Crippen LogP contribution in [-0.2, 0) is 4.79 Å². The molecule has 0 spiro atoms. The van der Waals surface area contributed by atoms with E-state index < -0.39 is 0 Å². The van der Waals surface area contributed by atoms with E-state index >= 15 is 0 Å². The number of rotatable bonds is 6. The fourth-order valence-electron chi connectivity index (χ4n) is 2.29. The lowest BCUT2D eigenvalue weighted by atomic mass is 10.2. The van der Waals surface area contributed by atoms with Crippen LogP contribution in [0.15, 0.2) is 53.4 Å². The minimum Gasteiger partial charge on any atom is -0.496 e. The van der Waals surface area contributed by atoms with Gasteiger partial charge in [0.15, 0.2) is 5.01 Å². The zero-order valence-corrected chi connectivity index (χ0v) is 16.4. The Hall–Kier alpha value is -2.38. The molecule has 1 aromatic heterocycles. The summed E-state index contributed by atoms with van der Waals surface area (Å²) in [5.41, 5.74) is 2.05. The van der Waals surface area contributed by atoms with Crippen LogP contribution in [0.4, 0.5) is 5.13 Å². The molecule has 0 radical (unpaired) electrons. The van der Waals surface area contributed by atoms with Crippen molar-refractivity contribution in [2.75, 3.05) is 12.4 Å². The molecule has 1 amide bonds. The van der Waals surface area contributed by atoms with Crippen LogP contribution in [0.1, 0.15) is 12.5 Å². The second-order valence-electron chi connectivity index (χ2n) is 5.68. The minimum atomic E-state index is -0.240. The van der Waals surface area contributed by atoms with E-state index in [-0.39, 0.29) is 11.2 Å². The van der Waals surface area contributed by atoms with Gasteiger partial charge < -0.3 is 4.74 Å². The number of methoxy groups -OCH3 is 1. The number of nitrogens with zero attached hydrogens (tertiary/aromatic N) is 2. The van der Waals surface area contributed by atoms with E-state index in [1.165, 1.54) is 28.7 Å². The summed E-state index contributed by atoms with van der Waals surface area (Å²) in [7, 11) is 1.62. The number of hydrogen-bond acceptors (Lipinski definition) is 6. The van der Waals surface area contributed by atoms with Gasteiger partial charge >= 0.3 is 0 Å². The highest BCUT2D eigenvalue weighted by atomic mass is 32.2. The zero-order chi connectivity index (χ0) is 18.5. The van der Waals surface area contributed by atoms with Crippen LogP contribution in [0.25, 0.3) is 10.6 Å². The van der Waals surface area contributed by atoms with Crippen LogP contribution in [0.5, 0.6) is 5.75 Å². The van der Waals surface area contributed by atoms with Gasteiger partial charge in [0.25, 0.3) is 0 Å². The number of amides is 1. The van der Waals surface area contributed by atoms with Crippen molar-refractivity contribution in [1.29, 1.82) is 0 Å². The number of aryl methyl sites for hydroxylation is 1. The van der Waals surface area contributed by atoms with Gasteiger partial charge in [-0.1, -0.05) is 41.2 Å². The Morgan fingerprint density at radius 2 is 1.88 bits per heavy atom. The molecule has 2 aromatic carbocycles. The summed E-state index contributed by atoms with van der Waals surface area (Å²) in [6.45, 7) is 3.92. The van der Waals surface area contributed by atoms with Gasteiger partial charge in [-0.3, -0.25) is 10.1 Å². The quantitative estimate of drug-likeness (QED) is 0.626. The molecule has 0 aliphatic heterocycles. The first-order valence-corrected chi connectivity index (χ1v) is 9.77. The molecule has 0 unspecified atom stereocenters. The number of ether oxygens (including phenoxy) is 1. The molecule has 0 aliphatic carbocycles. The lowest BCUT2D eigenvalue weighted by Gasteiger charge is -2.10. The molecule has 5 nitrogen and oxygen atoms in total. The monoisotopic (exact) mass is 385 g/mol. The normalized spacial score (nSPS) is 11.8. The zero-order valence-electron chi connectivity index (χ0n) is 14.7. The molecule has 3 rings (SSSR count). The highest BCUT2D eigenvalue weighted by Gasteiger charge is 2.18. The summed E-state index contributed by atoms with van der Waals surface area (Å²) < 4.78 is 5.35. The Morgan fingerprint density at radius 3 is 2.62 bits per heavy atom. The third-order valence-electron chi connectivity index (χ3n) is 3.70. The molecule has 0 saturated carbocycles. The molecule has 1 N–H and O–H groups in total. The first-order valence-electron chi connectivity index (χ1n) is 8.08. The third-order valence-corrected chi connectivity index (χ3v) is 5.68. The molecule has 3 aromatic rings. The van der Waals surface area contributed by atoms with E-state index in [9.17, 15) is 4.79 Å². The summed E-state index contributed by atoms with van der Waals surface area (Å²) in [4.78, 5) is 13.5. The lowest BCUT2D eigenvalue weighted by molar-refractivity contribution is -0.115. The average molecular weight is 386 g/mol. The maximum absolute atomic E-state index is 12.4. The van der Waals surface area contributed by atoms with Crippen LogP contribution in [0.2, 0.25) is 0 Å². The number of para-hydroxylation sites is 1. The third kappa shape index (κ3) is 4.42. The fraction of sp³-hybridized carbons (Fsp3) is 0.211. The molecule has 0 aliphatic rings. The SMILES string of the molecule is COc1ccccc1-c1nnc(NC(=O)[C@@H](C)Sc2ccc(C)cc2)s1. The second-order valence-corrected chi connectivity index (χ2v) is 8.07. The van der Waals surface area contributed by atoms with Gasteiger partial charge in [-0.15, -0.1) is 22.0 Å². The molecule has 7 heteroatoms. The number of benzene rings is 2. The minimum absolute atomic E-state index is 0.0988. The van der Waals surface area contributed by atoms with Crippen molar-refractivity contribution >= 4 is 34.1 Å². The van der Waals surface area contributed by atoms with Crippen molar-refractivity contribution < 1.29 is 9.53 Å². The summed E-state index contributed by atoms with van der Waals surface area (Å²) in [5.74, 6) is 0.628. The van der Waals surface area contributed by atoms with Gasteiger partial charge in [-0.25, -0.2) is 0 Å². The van der Waals surface area contributed by atoms with E-state index in [0.29, 0.717) is 10.1 Å². The predicted octanol–water partition coefficient (Wildman–Crippen LogP) is 4.64. The highest BCUT2D eigenvalue weighted by molar-refractivity contribution is 8.00. The van der Waals surface area contributed by atoms with Gasteiger partial charge in [0, 0.05) is 4.90 Å². The van der Waals surface area contributed by atoms with E-state index in [4.69, 9.17) is 4.74 Å². The average Bonchev–Trinajstić information content (AvgIpc) is 3.11. The Morgan fingerprint density at radius 1 is 1.15 bits per heavy atom. The highest BCUT2D eigenvalue weighted by Crippen LogP contribution is 2.33. The van der Waals surface area contributed by atoms with E-state index in [1.54, 1.807) is 7.11 Å². The molecular formula is C19H19N3O2S2. The number of carbonyl (C=O) groups is 1. The topological polar surface area (TPSA) is 64.1 Å². The Kier molecular flexibility index (Phi) is 5.90. The summed E-state index contributed by atoms with van der Waals surface area (Å²) in [6.07, 6.45) is 0. The smallest absolute Gasteiger partial charge is 0.239 e. The van der Waals surface area contributed by atoms with Crippen molar-refractivity contribution in [2.45, 2.75) is 24.0 Å². The maximum atomic E-state index is 12.4. The maximum Gasteiger partial charge on any atom is 0.239 e. The summed E-state index contributed by atoms with van der Waals surface area (Å²) >= 11 is 2.84. The van der Waals surface area contributed by atoms with Crippen LogP contribution in [0, 0.1) is 6.92 Å². The fourth-order valence-corrected chi connectivity index (χ4v) is 3.93. The van der Waals surface area contributed by atoms with Crippen molar-refractivity contribution in [3.63, 3.8) is 0 Å². The van der Waals surface area contributed by atoms with Gasteiger partial charge in [-0.05, 0) is 38.1 Å². The standard InChI is InChI=1S/C19H19N3O2S2/c1-12-8-10-14(11-9-12)25-13(2)17(23)20-19-22-21-18(26-19)15-6-4-5-7-16(15)24-3/h4-11,13H,1-3H3,(H,20,22,23)/t13-/m1/s1.